The van der Waals surface area contributed by atoms with Crippen molar-refractivity contribution in [3.63, 3.8) is 0 Å². The normalized spacial score (nSPS) is 17.6. The number of aromatic nitrogens is 1. The third-order valence-corrected chi connectivity index (χ3v) is 5.93. The van der Waals surface area contributed by atoms with E-state index in [1.54, 1.807) is 7.11 Å². The number of hydrogen-bond donors (Lipinski definition) is 1. The average molecular weight is 404 g/mol. The topological polar surface area (TPSA) is 46.5 Å². The van der Waals surface area contributed by atoms with Crippen molar-refractivity contribution in [1.29, 1.82) is 0 Å². The third-order valence-electron chi connectivity index (χ3n) is 5.93. The molecule has 1 aliphatic rings. The molecule has 2 heterocycles. The molecule has 2 aromatic carbocycles. The van der Waals surface area contributed by atoms with E-state index >= 15 is 0 Å². The number of methoxy groups -OCH3 is 1. The first-order chi connectivity index (χ1) is 14.6. The second-order valence-corrected chi connectivity index (χ2v) is 7.95. The number of carbonyl (C=O) groups is 1. The van der Waals surface area contributed by atoms with Crippen molar-refractivity contribution in [2.24, 2.45) is 7.05 Å². The van der Waals surface area contributed by atoms with Crippen LogP contribution in [-0.4, -0.2) is 29.0 Å². The maximum absolute atomic E-state index is 13.7. The molecular formula is C25H29N3O2. The Morgan fingerprint density at radius 2 is 1.93 bits per heavy atom. The van der Waals surface area contributed by atoms with Crippen LogP contribution in [0.4, 0.5) is 5.69 Å². The number of nitrogens with one attached hydrogen (secondary N) is 1. The monoisotopic (exact) mass is 403 g/mol. The van der Waals surface area contributed by atoms with E-state index in [9.17, 15) is 4.79 Å². The minimum atomic E-state index is -0.376. The molecule has 2 atom stereocenters. The Morgan fingerprint density at radius 1 is 1.13 bits per heavy atom. The molecule has 0 spiro atoms. The van der Waals surface area contributed by atoms with E-state index in [1.807, 2.05) is 55.5 Å². The van der Waals surface area contributed by atoms with Gasteiger partial charge in [-0.2, -0.15) is 0 Å². The lowest BCUT2D eigenvalue weighted by molar-refractivity contribution is -0.122. The van der Waals surface area contributed by atoms with Gasteiger partial charge in [-0.15, -0.1) is 0 Å². The van der Waals surface area contributed by atoms with Gasteiger partial charge in [-0.3, -0.25) is 9.69 Å². The summed E-state index contributed by atoms with van der Waals surface area (Å²) in [6.07, 6.45) is 4.18. The summed E-state index contributed by atoms with van der Waals surface area (Å²) in [5, 5.41) is 3.15. The Kier molecular flexibility index (Phi) is 5.91. The summed E-state index contributed by atoms with van der Waals surface area (Å²) in [6.45, 7) is 2.89. The predicted molar refractivity (Wildman–Crippen MR) is 120 cm³/mol. The SMILES string of the molecule is COc1ccc(C)cc1NC(=O)[C@@H](c1ccccc1)N1CCC[C@@H]1c1cccn1C. The number of nitrogens with zero attached hydrogens (tertiary/aromatic N) is 2. The molecular weight excluding hydrogens is 374 g/mol. The molecule has 5 nitrogen and oxygen atoms in total. The number of likely N-dealkylation sites (tertiary alicyclic amines) is 1. The summed E-state index contributed by atoms with van der Waals surface area (Å²) in [5.74, 6) is 0.632. The molecule has 1 aromatic heterocycles. The number of aryl methyl sites for hydroxylation is 2. The smallest absolute Gasteiger partial charge is 0.246 e. The summed E-state index contributed by atoms with van der Waals surface area (Å²) in [6, 6.07) is 20.0. The van der Waals surface area contributed by atoms with E-state index in [0.717, 1.165) is 30.5 Å². The van der Waals surface area contributed by atoms with Crippen LogP contribution in [0.15, 0.2) is 66.9 Å². The van der Waals surface area contributed by atoms with Crippen LogP contribution in [0.25, 0.3) is 0 Å². The number of hydrogen-bond acceptors (Lipinski definition) is 3. The molecule has 0 saturated carbocycles. The maximum Gasteiger partial charge on any atom is 0.246 e. The molecule has 5 heteroatoms. The van der Waals surface area contributed by atoms with E-state index in [0.29, 0.717) is 11.4 Å². The molecule has 1 saturated heterocycles. The number of rotatable bonds is 6. The van der Waals surface area contributed by atoms with Crippen LogP contribution in [0.3, 0.4) is 0 Å². The van der Waals surface area contributed by atoms with Gasteiger partial charge in [0.2, 0.25) is 5.91 Å². The van der Waals surface area contributed by atoms with Gasteiger partial charge in [0.25, 0.3) is 0 Å². The molecule has 0 radical (unpaired) electrons. The fraction of sp³-hybridized carbons (Fsp3) is 0.320. The second kappa shape index (κ2) is 8.76. The molecule has 1 fully saturated rings. The largest absolute Gasteiger partial charge is 0.495 e. The van der Waals surface area contributed by atoms with Gasteiger partial charge >= 0.3 is 0 Å². The van der Waals surface area contributed by atoms with Crippen LogP contribution in [0, 0.1) is 6.92 Å². The van der Waals surface area contributed by atoms with Crippen LogP contribution in [0.5, 0.6) is 5.75 Å². The van der Waals surface area contributed by atoms with Crippen LogP contribution >= 0.6 is 0 Å². The van der Waals surface area contributed by atoms with E-state index < -0.39 is 0 Å². The highest BCUT2D eigenvalue weighted by atomic mass is 16.5. The fourth-order valence-electron chi connectivity index (χ4n) is 4.49. The Morgan fingerprint density at radius 3 is 2.63 bits per heavy atom. The highest BCUT2D eigenvalue weighted by Gasteiger charge is 2.37. The molecule has 1 N–H and O–H groups in total. The van der Waals surface area contributed by atoms with E-state index in [4.69, 9.17) is 4.74 Å². The minimum Gasteiger partial charge on any atom is -0.495 e. The summed E-state index contributed by atoms with van der Waals surface area (Å²) in [4.78, 5) is 16.0. The molecule has 1 amide bonds. The number of ether oxygens (including phenoxy) is 1. The van der Waals surface area contributed by atoms with Crippen molar-refractivity contribution in [3.05, 3.63) is 83.7 Å². The standard InChI is InChI=1S/C25H29N3O2/c1-18-13-14-23(30-3)20(17-18)26-25(29)24(19-9-5-4-6-10-19)28-16-8-12-22(28)21-11-7-15-27(21)2/h4-7,9-11,13-15,17,22,24H,8,12,16H2,1-3H3,(H,26,29)/t22-,24-/m1/s1. The first-order valence-corrected chi connectivity index (χ1v) is 10.5. The van der Waals surface area contributed by atoms with Gasteiger partial charge < -0.3 is 14.6 Å². The number of carbonyl (C=O) groups excluding carboxylic acids is 1. The summed E-state index contributed by atoms with van der Waals surface area (Å²) >= 11 is 0. The van der Waals surface area contributed by atoms with E-state index in [2.05, 4.69) is 40.2 Å². The fourth-order valence-corrected chi connectivity index (χ4v) is 4.49. The van der Waals surface area contributed by atoms with Crippen molar-refractivity contribution in [1.82, 2.24) is 9.47 Å². The molecule has 0 aliphatic carbocycles. The van der Waals surface area contributed by atoms with Crippen LogP contribution in [0.2, 0.25) is 0 Å². The summed E-state index contributed by atoms with van der Waals surface area (Å²) in [7, 11) is 3.70. The maximum atomic E-state index is 13.7. The number of anilines is 1. The zero-order chi connectivity index (χ0) is 21.1. The molecule has 0 unspecified atom stereocenters. The van der Waals surface area contributed by atoms with Crippen molar-refractivity contribution in [3.8, 4) is 5.75 Å². The van der Waals surface area contributed by atoms with E-state index in [1.165, 1.54) is 5.69 Å². The van der Waals surface area contributed by atoms with Crippen molar-refractivity contribution in [2.45, 2.75) is 31.8 Å². The summed E-state index contributed by atoms with van der Waals surface area (Å²) in [5.41, 5.74) is 4.03. The highest BCUT2D eigenvalue weighted by Crippen LogP contribution is 2.39. The molecule has 1 aliphatic heterocycles. The highest BCUT2D eigenvalue weighted by molar-refractivity contribution is 5.97. The summed E-state index contributed by atoms with van der Waals surface area (Å²) < 4.78 is 7.64. The van der Waals surface area contributed by atoms with Gasteiger partial charge in [0.05, 0.1) is 18.8 Å². The Balaban J connectivity index is 1.70. The third kappa shape index (κ3) is 3.98. The average Bonchev–Trinajstić information content (AvgIpc) is 3.38. The second-order valence-electron chi connectivity index (χ2n) is 7.95. The lowest BCUT2D eigenvalue weighted by Gasteiger charge is -2.33. The van der Waals surface area contributed by atoms with Gasteiger partial charge in [0, 0.05) is 18.9 Å². The van der Waals surface area contributed by atoms with Crippen LogP contribution in [-0.2, 0) is 11.8 Å². The molecule has 4 rings (SSSR count). The zero-order valence-corrected chi connectivity index (χ0v) is 17.8. The first-order valence-electron chi connectivity index (χ1n) is 10.5. The van der Waals surface area contributed by atoms with Crippen LogP contribution in [0.1, 0.15) is 41.7 Å². The Bertz CT molecular complexity index is 1010. The lowest BCUT2D eigenvalue weighted by Crippen LogP contribution is -2.37. The van der Waals surface area contributed by atoms with Gasteiger partial charge in [-0.05, 0) is 61.7 Å². The Hall–Kier alpha value is -3.05. The number of benzene rings is 2. The lowest BCUT2D eigenvalue weighted by atomic mass is 10.0. The van der Waals surface area contributed by atoms with Gasteiger partial charge in [0.1, 0.15) is 11.8 Å². The Labute approximate surface area is 178 Å². The first kappa shape index (κ1) is 20.2. The molecule has 156 valence electrons. The predicted octanol–water partition coefficient (Wildman–Crippen LogP) is 4.86. The van der Waals surface area contributed by atoms with Crippen molar-refractivity contribution >= 4 is 11.6 Å². The molecule has 0 bridgehead atoms. The van der Waals surface area contributed by atoms with Crippen molar-refractivity contribution in [2.75, 3.05) is 19.0 Å². The van der Waals surface area contributed by atoms with Crippen LogP contribution < -0.4 is 10.1 Å². The molecule has 30 heavy (non-hydrogen) atoms. The zero-order valence-electron chi connectivity index (χ0n) is 17.8. The van der Waals surface area contributed by atoms with Gasteiger partial charge in [-0.25, -0.2) is 0 Å². The van der Waals surface area contributed by atoms with E-state index in [-0.39, 0.29) is 18.0 Å². The number of amides is 1. The minimum absolute atomic E-state index is 0.0359. The quantitative estimate of drug-likeness (QED) is 0.639. The molecule has 3 aromatic rings. The van der Waals surface area contributed by atoms with Crippen molar-refractivity contribution < 1.29 is 9.53 Å². The van der Waals surface area contributed by atoms with Gasteiger partial charge in [-0.1, -0.05) is 36.4 Å². The van der Waals surface area contributed by atoms with Gasteiger partial charge in [0.15, 0.2) is 0 Å².